The van der Waals surface area contributed by atoms with E-state index in [9.17, 15) is 0 Å². The van der Waals surface area contributed by atoms with Crippen molar-refractivity contribution < 1.29 is 4.90 Å². The molecule has 3 nitrogen and oxygen atoms in total. The van der Waals surface area contributed by atoms with E-state index in [4.69, 9.17) is 23.8 Å². The molecule has 1 aromatic heterocycles. The number of benzene rings is 1. The lowest BCUT2D eigenvalue weighted by Gasteiger charge is -2.28. The Morgan fingerprint density at radius 3 is 2.69 bits per heavy atom. The molecule has 2 aromatic rings. The quantitative estimate of drug-likeness (QED) is 0.674. The summed E-state index contributed by atoms with van der Waals surface area (Å²) in [6, 6.07) is 12.0. The molecule has 0 amide bonds. The molecule has 0 atom stereocenters. The van der Waals surface area contributed by atoms with Crippen LogP contribution >= 0.6 is 35.2 Å². The van der Waals surface area contributed by atoms with Crippen LogP contribution in [-0.2, 0) is 6.54 Å². The number of nitrogens with zero attached hydrogens (tertiary/aromatic N) is 1. The topological polar surface area (TPSA) is 19.7 Å². The zero-order valence-electron chi connectivity index (χ0n) is 15.0. The number of thiophene rings is 1. The molecule has 26 heavy (non-hydrogen) atoms. The van der Waals surface area contributed by atoms with E-state index in [1.54, 1.807) is 16.2 Å². The van der Waals surface area contributed by atoms with Crippen LogP contribution in [0, 0.1) is 0 Å². The second kappa shape index (κ2) is 10.3. The van der Waals surface area contributed by atoms with Crippen LogP contribution in [0.25, 0.3) is 0 Å². The monoisotopic (exact) mass is 408 g/mol. The Kier molecular flexibility index (Phi) is 7.74. The highest BCUT2D eigenvalue weighted by atomic mass is 35.5. The lowest BCUT2D eigenvalue weighted by Crippen LogP contribution is -3.12. The average molecular weight is 409 g/mol. The first-order valence-electron chi connectivity index (χ1n) is 9.39. The summed E-state index contributed by atoms with van der Waals surface area (Å²) in [7, 11) is 0. The average Bonchev–Trinajstić information content (AvgIpc) is 3.17. The first kappa shape index (κ1) is 19.6. The Hall–Kier alpha value is -1.14. The summed E-state index contributed by atoms with van der Waals surface area (Å²) in [5, 5.41) is 6.90. The Morgan fingerprint density at radius 1 is 1.15 bits per heavy atom. The van der Waals surface area contributed by atoms with Crippen LogP contribution in [0.3, 0.4) is 0 Å². The third-order valence-corrected chi connectivity index (χ3v) is 6.40. The van der Waals surface area contributed by atoms with Crippen LogP contribution < -0.4 is 10.2 Å². The van der Waals surface area contributed by atoms with E-state index in [0.717, 1.165) is 30.3 Å². The van der Waals surface area contributed by atoms with Crippen molar-refractivity contribution in [3.8, 4) is 0 Å². The van der Waals surface area contributed by atoms with Gasteiger partial charge in [-0.1, -0.05) is 29.8 Å². The van der Waals surface area contributed by atoms with Crippen LogP contribution in [0.2, 0.25) is 5.02 Å². The number of piperidine rings is 1. The van der Waals surface area contributed by atoms with Gasteiger partial charge in [-0.2, -0.15) is 0 Å². The minimum Gasteiger partial charge on any atom is -0.344 e. The smallest absolute Gasteiger partial charge is 0.173 e. The molecule has 1 aromatic carbocycles. The number of thiocarbonyl (C=S) groups is 1. The van der Waals surface area contributed by atoms with E-state index in [1.807, 2.05) is 24.3 Å². The van der Waals surface area contributed by atoms with Crippen LogP contribution in [0.1, 0.15) is 30.6 Å². The number of quaternary nitrogens is 1. The fourth-order valence-electron chi connectivity index (χ4n) is 3.42. The minimum absolute atomic E-state index is 0.698. The van der Waals surface area contributed by atoms with Crippen LogP contribution in [0.15, 0.2) is 41.8 Å². The van der Waals surface area contributed by atoms with Gasteiger partial charge in [-0.25, -0.2) is 0 Å². The maximum Gasteiger partial charge on any atom is 0.173 e. The van der Waals surface area contributed by atoms with Gasteiger partial charge in [0, 0.05) is 17.8 Å². The molecule has 3 rings (SSSR count). The first-order chi connectivity index (χ1) is 12.7. The van der Waals surface area contributed by atoms with Crippen molar-refractivity contribution in [1.29, 1.82) is 0 Å². The second-order valence-electron chi connectivity index (χ2n) is 6.83. The second-order valence-corrected chi connectivity index (χ2v) is 8.65. The van der Waals surface area contributed by atoms with Gasteiger partial charge in [0.25, 0.3) is 0 Å². The van der Waals surface area contributed by atoms with Gasteiger partial charge in [0.15, 0.2) is 5.11 Å². The molecule has 0 unspecified atom stereocenters. The van der Waals surface area contributed by atoms with Gasteiger partial charge in [0.05, 0.1) is 36.9 Å². The minimum atomic E-state index is 0.698. The van der Waals surface area contributed by atoms with Crippen molar-refractivity contribution in [3.63, 3.8) is 0 Å². The molecule has 0 saturated carbocycles. The number of halogens is 1. The molecule has 1 aliphatic rings. The van der Waals surface area contributed by atoms with Crippen molar-refractivity contribution in [2.45, 2.75) is 32.2 Å². The van der Waals surface area contributed by atoms with Crippen molar-refractivity contribution in [1.82, 2.24) is 4.90 Å². The summed E-state index contributed by atoms with van der Waals surface area (Å²) < 4.78 is 0. The number of likely N-dealkylation sites (tertiary alicyclic amines) is 1. The molecule has 2 N–H and O–H groups in total. The van der Waals surface area contributed by atoms with Gasteiger partial charge in [-0.15, -0.1) is 11.3 Å². The van der Waals surface area contributed by atoms with Crippen LogP contribution in [0.4, 0.5) is 5.69 Å². The summed E-state index contributed by atoms with van der Waals surface area (Å²) in [4.78, 5) is 5.35. The van der Waals surface area contributed by atoms with Gasteiger partial charge in [-0.3, -0.25) is 0 Å². The summed E-state index contributed by atoms with van der Waals surface area (Å²) in [5.41, 5.74) is 0.872. The van der Waals surface area contributed by atoms with Crippen LogP contribution in [-0.4, -0.2) is 36.2 Å². The number of rotatable bonds is 7. The van der Waals surface area contributed by atoms with E-state index >= 15 is 0 Å². The predicted molar refractivity (Wildman–Crippen MR) is 116 cm³/mol. The molecule has 0 bridgehead atoms. The van der Waals surface area contributed by atoms with Gasteiger partial charge in [0.2, 0.25) is 0 Å². The summed E-state index contributed by atoms with van der Waals surface area (Å²) in [6.07, 6.45) is 5.31. The molecule has 1 fully saturated rings. The Balaban J connectivity index is 1.58. The maximum atomic E-state index is 6.28. The Labute approximate surface area is 171 Å². The van der Waals surface area contributed by atoms with E-state index in [0.29, 0.717) is 5.02 Å². The van der Waals surface area contributed by atoms with Crippen molar-refractivity contribution in [3.05, 3.63) is 51.7 Å². The number of para-hydroxylation sites is 1. The van der Waals surface area contributed by atoms with Crippen molar-refractivity contribution in [2.24, 2.45) is 0 Å². The van der Waals surface area contributed by atoms with Gasteiger partial charge in [-0.05, 0) is 55.1 Å². The highest BCUT2D eigenvalue weighted by molar-refractivity contribution is 7.80. The summed E-state index contributed by atoms with van der Waals surface area (Å²) in [6.45, 7) is 5.71. The fraction of sp³-hybridized carbons (Fsp3) is 0.450. The molecule has 0 spiro atoms. The number of hydrogen-bond acceptors (Lipinski definition) is 2. The third kappa shape index (κ3) is 5.95. The summed E-state index contributed by atoms with van der Waals surface area (Å²) in [5.74, 6) is 0. The molecule has 2 heterocycles. The molecule has 0 aliphatic carbocycles. The lowest BCUT2D eigenvalue weighted by atomic mass is 10.1. The third-order valence-electron chi connectivity index (χ3n) is 4.85. The highest BCUT2D eigenvalue weighted by Crippen LogP contribution is 2.21. The first-order valence-corrected chi connectivity index (χ1v) is 11.1. The van der Waals surface area contributed by atoms with E-state index in [-0.39, 0.29) is 0 Å². The van der Waals surface area contributed by atoms with Gasteiger partial charge >= 0.3 is 0 Å². The van der Waals surface area contributed by atoms with E-state index in [2.05, 4.69) is 27.7 Å². The SMILES string of the molecule is S=C(Nc1ccccc1Cl)N(CCC[NH+]1CCCCC1)Cc1cccs1. The Bertz CT molecular complexity index is 684. The van der Waals surface area contributed by atoms with Gasteiger partial charge in [0.1, 0.15) is 0 Å². The lowest BCUT2D eigenvalue weighted by molar-refractivity contribution is -0.905. The number of anilines is 1. The molecular formula is C20H27ClN3S2+. The van der Waals surface area contributed by atoms with E-state index in [1.165, 1.54) is 43.8 Å². The zero-order valence-corrected chi connectivity index (χ0v) is 17.4. The fourth-order valence-corrected chi connectivity index (χ4v) is 4.59. The maximum absolute atomic E-state index is 6.28. The van der Waals surface area contributed by atoms with Crippen molar-refractivity contribution >= 4 is 46.0 Å². The molecule has 1 saturated heterocycles. The summed E-state index contributed by atoms with van der Waals surface area (Å²) >= 11 is 13.8. The predicted octanol–water partition coefficient (Wildman–Crippen LogP) is 4.06. The van der Waals surface area contributed by atoms with E-state index < -0.39 is 0 Å². The number of nitrogens with one attached hydrogen (secondary N) is 2. The molecule has 0 radical (unpaired) electrons. The van der Waals surface area contributed by atoms with Gasteiger partial charge < -0.3 is 15.1 Å². The number of hydrogen-bond donors (Lipinski definition) is 2. The largest absolute Gasteiger partial charge is 0.344 e. The molecule has 6 heteroatoms. The molecule has 1 aliphatic heterocycles. The highest BCUT2D eigenvalue weighted by Gasteiger charge is 2.16. The normalized spacial score (nSPS) is 15.0. The molecule has 140 valence electrons. The zero-order chi connectivity index (χ0) is 18.2. The van der Waals surface area contributed by atoms with Crippen LogP contribution in [0.5, 0.6) is 0 Å². The van der Waals surface area contributed by atoms with Crippen molar-refractivity contribution in [2.75, 3.05) is 31.5 Å². The standard InChI is InChI=1S/C20H26ClN3S2/c21-18-9-2-3-10-19(18)22-20(25)24(16-17-8-6-15-26-17)14-7-13-23-11-4-1-5-12-23/h2-3,6,8-10,15H,1,4-5,7,11-14,16H2,(H,22,25)/p+1. The Morgan fingerprint density at radius 2 is 1.96 bits per heavy atom. The molecular weight excluding hydrogens is 382 g/mol.